The zero-order chi connectivity index (χ0) is 23.4. The number of nitro benzene ring substituents is 1. The molecule has 10 heteroatoms. The first-order chi connectivity index (χ1) is 15.2. The van der Waals surface area contributed by atoms with E-state index in [1.807, 2.05) is 0 Å². The van der Waals surface area contributed by atoms with Crippen molar-refractivity contribution in [1.82, 2.24) is 9.55 Å². The molecule has 32 heavy (non-hydrogen) atoms. The molecule has 0 aliphatic heterocycles. The number of hydrogen-bond donors (Lipinski definition) is 1. The zero-order valence-electron chi connectivity index (χ0n) is 17.9. The van der Waals surface area contributed by atoms with Crippen molar-refractivity contribution >= 4 is 51.5 Å². The lowest BCUT2D eigenvalue weighted by Gasteiger charge is -2.17. The summed E-state index contributed by atoms with van der Waals surface area (Å²) < 4.78 is 1.60. The number of anilines is 1. The molecule has 0 spiro atoms. The first-order valence-corrected chi connectivity index (χ1v) is 11.3. The Bertz CT molecular complexity index is 1230. The Morgan fingerprint density at radius 2 is 2.00 bits per heavy atom. The number of aromatic nitrogens is 2. The Labute approximate surface area is 194 Å². The van der Waals surface area contributed by atoms with Gasteiger partial charge in [-0.1, -0.05) is 43.3 Å². The average molecular weight is 475 g/mol. The molecule has 1 amide bonds. The lowest BCUT2D eigenvalue weighted by molar-refractivity contribution is -0.384. The Kier molecular flexibility index (Phi) is 7.52. The summed E-state index contributed by atoms with van der Waals surface area (Å²) >= 11 is 7.24. The topological polar surface area (TPSA) is 107 Å². The summed E-state index contributed by atoms with van der Waals surface area (Å²) in [6.45, 7) is 6.31. The van der Waals surface area contributed by atoms with E-state index in [2.05, 4.69) is 24.1 Å². The van der Waals surface area contributed by atoms with Crippen molar-refractivity contribution in [2.45, 2.75) is 44.1 Å². The lowest BCUT2D eigenvalue weighted by Crippen LogP contribution is -2.27. The van der Waals surface area contributed by atoms with Gasteiger partial charge in [0.1, 0.15) is 0 Å². The highest BCUT2D eigenvalue weighted by atomic mass is 35.5. The summed E-state index contributed by atoms with van der Waals surface area (Å²) in [6.07, 6.45) is 0.780. The maximum Gasteiger partial charge on any atom is 0.271 e. The molecule has 3 aromatic rings. The number of fused-ring (bicyclic) bond motifs is 1. The molecule has 3 rings (SSSR count). The molecular formula is C22H23ClN4O4S. The highest BCUT2D eigenvalue weighted by molar-refractivity contribution is 8.00. The van der Waals surface area contributed by atoms with Crippen molar-refractivity contribution < 1.29 is 9.72 Å². The number of halogens is 1. The molecule has 1 atom stereocenters. The molecule has 168 valence electrons. The van der Waals surface area contributed by atoms with Crippen LogP contribution in [0.4, 0.5) is 11.4 Å². The van der Waals surface area contributed by atoms with Crippen molar-refractivity contribution in [2.24, 2.45) is 5.92 Å². The summed E-state index contributed by atoms with van der Waals surface area (Å²) in [5.41, 5.74) is 0.504. The third-order valence-electron chi connectivity index (χ3n) is 4.79. The molecule has 0 radical (unpaired) electrons. The van der Waals surface area contributed by atoms with E-state index in [9.17, 15) is 19.7 Å². The van der Waals surface area contributed by atoms with Crippen LogP contribution in [0.15, 0.2) is 52.4 Å². The molecule has 0 saturated carbocycles. The van der Waals surface area contributed by atoms with Crippen LogP contribution in [-0.2, 0) is 11.3 Å². The number of rotatable bonds is 8. The van der Waals surface area contributed by atoms with Gasteiger partial charge in [-0.25, -0.2) is 4.98 Å². The number of hydrogen-bond acceptors (Lipinski definition) is 6. The summed E-state index contributed by atoms with van der Waals surface area (Å²) in [5, 5.41) is 14.4. The molecule has 1 unspecified atom stereocenters. The SMILES string of the molecule is CC(C)CCn1c(SC(C)C(=O)Nc2cccc([N+](=O)[O-])c2)nc2cc(Cl)ccc2c1=O. The molecule has 1 heterocycles. The van der Waals surface area contributed by atoms with Crippen molar-refractivity contribution in [3.05, 3.63) is 68.0 Å². The fraction of sp³-hybridized carbons (Fsp3) is 0.318. The number of carbonyl (C=O) groups excluding carboxylic acids is 1. The summed E-state index contributed by atoms with van der Waals surface area (Å²) in [7, 11) is 0. The fourth-order valence-corrected chi connectivity index (χ4v) is 4.10. The molecule has 0 aliphatic carbocycles. The van der Waals surface area contributed by atoms with E-state index in [-0.39, 0.29) is 17.2 Å². The smallest absolute Gasteiger partial charge is 0.271 e. The average Bonchev–Trinajstić information content (AvgIpc) is 2.73. The van der Waals surface area contributed by atoms with E-state index in [1.54, 1.807) is 35.8 Å². The van der Waals surface area contributed by atoms with E-state index in [4.69, 9.17) is 11.6 Å². The molecule has 0 fully saturated rings. The van der Waals surface area contributed by atoms with E-state index >= 15 is 0 Å². The zero-order valence-corrected chi connectivity index (χ0v) is 19.4. The third-order valence-corrected chi connectivity index (χ3v) is 6.11. The van der Waals surface area contributed by atoms with Gasteiger partial charge in [0, 0.05) is 29.4 Å². The van der Waals surface area contributed by atoms with Crippen LogP contribution in [0.5, 0.6) is 0 Å². The van der Waals surface area contributed by atoms with Crippen molar-refractivity contribution in [2.75, 3.05) is 5.32 Å². The second-order valence-corrected chi connectivity index (χ2v) is 9.50. The van der Waals surface area contributed by atoms with Gasteiger partial charge in [0.2, 0.25) is 5.91 Å². The maximum atomic E-state index is 13.1. The van der Waals surface area contributed by atoms with Crippen LogP contribution < -0.4 is 10.9 Å². The summed E-state index contributed by atoms with van der Waals surface area (Å²) in [4.78, 5) is 40.9. The third kappa shape index (κ3) is 5.66. The van der Waals surface area contributed by atoms with Gasteiger partial charge in [-0.15, -0.1) is 0 Å². The van der Waals surface area contributed by atoms with E-state index < -0.39 is 10.2 Å². The first kappa shape index (κ1) is 23.7. The van der Waals surface area contributed by atoms with Crippen LogP contribution in [0.3, 0.4) is 0 Å². The van der Waals surface area contributed by atoms with Gasteiger partial charge in [-0.05, 0) is 43.5 Å². The highest BCUT2D eigenvalue weighted by Crippen LogP contribution is 2.26. The van der Waals surface area contributed by atoms with Gasteiger partial charge in [0.25, 0.3) is 11.2 Å². The molecule has 0 bridgehead atoms. The number of nitro groups is 1. The quantitative estimate of drug-likeness (QED) is 0.210. The minimum atomic E-state index is -0.608. The largest absolute Gasteiger partial charge is 0.325 e. The van der Waals surface area contributed by atoms with Gasteiger partial charge in [0.15, 0.2) is 5.16 Å². The number of nitrogens with one attached hydrogen (secondary N) is 1. The lowest BCUT2D eigenvalue weighted by atomic mass is 10.1. The van der Waals surface area contributed by atoms with Crippen molar-refractivity contribution in [3.8, 4) is 0 Å². The van der Waals surface area contributed by atoms with Crippen LogP contribution in [0.2, 0.25) is 5.02 Å². The predicted octanol–water partition coefficient (Wildman–Crippen LogP) is 5.12. The monoisotopic (exact) mass is 474 g/mol. The number of carbonyl (C=O) groups is 1. The van der Waals surface area contributed by atoms with Crippen LogP contribution in [0, 0.1) is 16.0 Å². The standard InChI is InChI=1S/C22H23ClN4O4S/c1-13(2)9-10-26-21(29)18-8-7-15(23)11-19(18)25-22(26)32-14(3)20(28)24-16-5-4-6-17(12-16)27(30)31/h4-8,11-14H,9-10H2,1-3H3,(H,24,28). The molecule has 0 aliphatic rings. The Morgan fingerprint density at radius 3 is 2.69 bits per heavy atom. The molecule has 1 N–H and O–H groups in total. The van der Waals surface area contributed by atoms with Crippen LogP contribution in [0.25, 0.3) is 10.9 Å². The molecule has 2 aromatic carbocycles. The number of benzene rings is 2. The van der Waals surface area contributed by atoms with Crippen molar-refractivity contribution in [1.29, 1.82) is 0 Å². The minimum Gasteiger partial charge on any atom is -0.325 e. The number of amides is 1. The first-order valence-electron chi connectivity index (χ1n) is 10.1. The molecule has 1 aromatic heterocycles. The normalized spacial score (nSPS) is 12.2. The second-order valence-electron chi connectivity index (χ2n) is 7.75. The predicted molar refractivity (Wildman–Crippen MR) is 128 cm³/mol. The number of non-ortho nitro benzene ring substituents is 1. The van der Waals surface area contributed by atoms with Gasteiger partial charge >= 0.3 is 0 Å². The van der Waals surface area contributed by atoms with Gasteiger partial charge in [-0.3, -0.25) is 24.3 Å². The Balaban J connectivity index is 1.89. The van der Waals surface area contributed by atoms with Crippen LogP contribution in [0.1, 0.15) is 27.2 Å². The fourth-order valence-electron chi connectivity index (χ4n) is 3.00. The maximum absolute atomic E-state index is 13.1. The molecule has 0 saturated heterocycles. The minimum absolute atomic E-state index is 0.112. The van der Waals surface area contributed by atoms with Gasteiger partial charge in [0.05, 0.1) is 21.1 Å². The van der Waals surface area contributed by atoms with E-state index in [1.165, 1.54) is 18.2 Å². The highest BCUT2D eigenvalue weighted by Gasteiger charge is 2.20. The van der Waals surface area contributed by atoms with Crippen LogP contribution in [-0.4, -0.2) is 25.6 Å². The van der Waals surface area contributed by atoms with E-state index in [0.29, 0.717) is 39.2 Å². The Hall–Kier alpha value is -2.91. The van der Waals surface area contributed by atoms with Crippen LogP contribution >= 0.6 is 23.4 Å². The number of nitrogens with zero attached hydrogens (tertiary/aromatic N) is 3. The Morgan fingerprint density at radius 1 is 1.25 bits per heavy atom. The molecule has 8 nitrogen and oxygen atoms in total. The molecular weight excluding hydrogens is 452 g/mol. The second kappa shape index (κ2) is 10.1. The van der Waals surface area contributed by atoms with E-state index in [0.717, 1.165) is 18.2 Å². The summed E-state index contributed by atoms with van der Waals surface area (Å²) in [6, 6.07) is 10.7. The van der Waals surface area contributed by atoms with Gasteiger partial charge in [-0.2, -0.15) is 0 Å². The van der Waals surface area contributed by atoms with Gasteiger partial charge < -0.3 is 5.32 Å². The van der Waals surface area contributed by atoms with Crippen molar-refractivity contribution in [3.63, 3.8) is 0 Å². The summed E-state index contributed by atoms with van der Waals surface area (Å²) in [5.74, 6) is 0.0293. The number of thioether (sulfide) groups is 1.